The largest absolute Gasteiger partial charge is 0.430 e. The van der Waals surface area contributed by atoms with Crippen LogP contribution in [0.3, 0.4) is 0 Å². The van der Waals surface area contributed by atoms with Crippen molar-refractivity contribution in [2.24, 2.45) is 0 Å². The molecule has 0 amide bonds. The van der Waals surface area contributed by atoms with Crippen LogP contribution in [0.25, 0.3) is 9.92 Å². The van der Waals surface area contributed by atoms with E-state index in [1.54, 1.807) is 51.9 Å². The van der Waals surface area contributed by atoms with Gasteiger partial charge >= 0.3 is 0 Å². The minimum atomic E-state index is -0.291. The van der Waals surface area contributed by atoms with Crippen LogP contribution in [0.15, 0.2) is 67.1 Å². The molecule has 33 heavy (non-hydrogen) atoms. The Morgan fingerprint density at radius 3 is 1.91 bits per heavy atom. The van der Waals surface area contributed by atoms with Gasteiger partial charge in [0.25, 0.3) is 10.4 Å². The van der Waals surface area contributed by atoms with Gasteiger partial charge in [0.05, 0.1) is 12.4 Å². The number of ether oxygens (including phenoxy) is 2. The summed E-state index contributed by atoms with van der Waals surface area (Å²) in [6, 6.07) is 11.6. The fourth-order valence-corrected chi connectivity index (χ4v) is 4.68. The van der Waals surface area contributed by atoms with Crippen LogP contribution in [-0.4, -0.2) is 29.2 Å². The summed E-state index contributed by atoms with van der Waals surface area (Å²) < 4.78 is 40.6. The Morgan fingerprint density at radius 2 is 1.33 bits per heavy atom. The van der Waals surface area contributed by atoms with Gasteiger partial charge in [-0.15, -0.1) is 10.2 Å². The predicted molar refractivity (Wildman–Crippen MR) is 127 cm³/mol. The van der Waals surface area contributed by atoms with Gasteiger partial charge in [0.1, 0.15) is 26.8 Å². The third-order valence-electron chi connectivity index (χ3n) is 4.02. The Kier molecular flexibility index (Phi) is 6.15. The van der Waals surface area contributed by atoms with E-state index in [2.05, 4.69) is 42.8 Å². The van der Waals surface area contributed by atoms with E-state index in [-0.39, 0.29) is 11.6 Å². The smallest absolute Gasteiger partial charge is 0.299 e. The molecule has 0 unspecified atom stereocenters. The lowest BCUT2D eigenvalue weighted by atomic mass is 10.3. The van der Waals surface area contributed by atoms with Crippen LogP contribution in [0.2, 0.25) is 0 Å². The molecule has 0 N–H and O–H groups in total. The highest BCUT2D eigenvalue weighted by Crippen LogP contribution is 2.28. The van der Waals surface area contributed by atoms with Gasteiger partial charge in [0.2, 0.25) is 9.92 Å². The summed E-state index contributed by atoms with van der Waals surface area (Å²) in [6.07, 6.45) is 5.14. The Bertz CT molecular complexity index is 1480. The molecule has 6 rings (SSSR count). The molecule has 8 nitrogen and oxygen atoms in total. The standard InChI is InChI=1S/C10H5FIN3OS.C10H6FN3OS/c11-6-1-3-7(4-2-6)16-10-14-15-8(12)5-13-9(15)17-10;11-7-1-3-8(4-2-7)15-10-13-14-6-5-12-9(14)16-10/h1-5H;1-6H. The molecule has 0 fully saturated rings. The molecule has 0 aliphatic heterocycles. The first-order valence-corrected chi connectivity index (χ1v) is 11.9. The van der Waals surface area contributed by atoms with E-state index in [1.807, 2.05) is 0 Å². The molecule has 0 spiro atoms. The third kappa shape index (κ3) is 5.09. The number of fused-ring (bicyclic) bond motifs is 2. The molecule has 13 heteroatoms. The van der Waals surface area contributed by atoms with Crippen LogP contribution < -0.4 is 9.47 Å². The molecule has 0 aliphatic rings. The summed E-state index contributed by atoms with van der Waals surface area (Å²) in [5, 5.41) is 9.35. The number of halogens is 3. The van der Waals surface area contributed by atoms with Crippen LogP contribution in [0.4, 0.5) is 8.78 Å². The predicted octanol–water partition coefficient (Wildman–Crippen LogP) is 6.05. The zero-order valence-electron chi connectivity index (χ0n) is 16.3. The molecule has 0 aliphatic carbocycles. The summed E-state index contributed by atoms with van der Waals surface area (Å²) in [7, 11) is 0. The molecule has 0 bridgehead atoms. The molecule has 4 aromatic heterocycles. The second-order valence-corrected chi connectivity index (χ2v) is 9.22. The Labute approximate surface area is 206 Å². The fraction of sp³-hybridized carbons (Fsp3) is 0. The van der Waals surface area contributed by atoms with Crippen LogP contribution in [0.1, 0.15) is 0 Å². The second-order valence-electron chi connectivity index (χ2n) is 6.28. The quantitative estimate of drug-likeness (QED) is 0.231. The molecule has 166 valence electrons. The molecule has 6 aromatic rings. The molecular formula is C20H11F2IN6O2S2. The minimum absolute atomic E-state index is 0.290. The maximum Gasteiger partial charge on any atom is 0.299 e. The van der Waals surface area contributed by atoms with Crippen LogP contribution in [-0.2, 0) is 0 Å². The van der Waals surface area contributed by atoms with Crippen LogP contribution in [0.5, 0.6) is 21.9 Å². The van der Waals surface area contributed by atoms with Gasteiger partial charge in [-0.25, -0.2) is 23.3 Å². The molecule has 2 aromatic carbocycles. The van der Waals surface area contributed by atoms with Crippen molar-refractivity contribution in [3.8, 4) is 21.9 Å². The van der Waals surface area contributed by atoms with Gasteiger partial charge in [0, 0.05) is 6.20 Å². The lowest BCUT2D eigenvalue weighted by Crippen LogP contribution is -1.88. The van der Waals surface area contributed by atoms with Crippen molar-refractivity contribution < 1.29 is 18.3 Å². The zero-order valence-corrected chi connectivity index (χ0v) is 20.1. The lowest BCUT2D eigenvalue weighted by Gasteiger charge is -1.99. The maximum absolute atomic E-state index is 12.7. The van der Waals surface area contributed by atoms with Crippen molar-refractivity contribution in [1.29, 1.82) is 0 Å². The zero-order chi connectivity index (χ0) is 22.8. The summed E-state index contributed by atoms with van der Waals surface area (Å²) in [5.74, 6) is 0.527. The highest BCUT2D eigenvalue weighted by Gasteiger charge is 2.10. The van der Waals surface area contributed by atoms with Crippen molar-refractivity contribution in [1.82, 2.24) is 29.2 Å². The van der Waals surface area contributed by atoms with E-state index in [0.29, 0.717) is 21.9 Å². The van der Waals surface area contributed by atoms with Gasteiger partial charge in [0.15, 0.2) is 0 Å². The van der Waals surface area contributed by atoms with E-state index in [1.165, 1.54) is 46.9 Å². The number of rotatable bonds is 4. The first-order valence-electron chi connectivity index (χ1n) is 9.20. The molecule has 0 atom stereocenters. The van der Waals surface area contributed by atoms with E-state index in [0.717, 1.165) is 13.6 Å². The fourth-order valence-electron chi connectivity index (χ4n) is 2.56. The van der Waals surface area contributed by atoms with Crippen molar-refractivity contribution in [2.75, 3.05) is 0 Å². The first-order chi connectivity index (χ1) is 16.0. The monoisotopic (exact) mass is 596 g/mol. The molecule has 0 saturated heterocycles. The van der Waals surface area contributed by atoms with Gasteiger partial charge in [-0.2, -0.15) is 4.52 Å². The molecule has 0 saturated carbocycles. The van der Waals surface area contributed by atoms with E-state index < -0.39 is 0 Å². The highest BCUT2D eigenvalue weighted by atomic mass is 127. The normalized spacial score (nSPS) is 10.9. The first kappa shape index (κ1) is 21.7. The second kappa shape index (κ2) is 9.36. The van der Waals surface area contributed by atoms with Gasteiger partial charge < -0.3 is 9.47 Å². The third-order valence-corrected chi connectivity index (χ3v) is 6.37. The van der Waals surface area contributed by atoms with Gasteiger partial charge in [-0.1, -0.05) is 0 Å². The lowest BCUT2D eigenvalue weighted by molar-refractivity contribution is 0.468. The number of benzene rings is 2. The summed E-state index contributed by atoms with van der Waals surface area (Å²) >= 11 is 4.81. The van der Waals surface area contributed by atoms with Crippen LogP contribution in [0, 0.1) is 15.3 Å². The average molecular weight is 596 g/mol. The minimum Gasteiger partial charge on any atom is -0.430 e. The Morgan fingerprint density at radius 1 is 0.758 bits per heavy atom. The van der Waals surface area contributed by atoms with Crippen molar-refractivity contribution in [3.63, 3.8) is 0 Å². The maximum atomic E-state index is 12.7. The number of hydrogen-bond donors (Lipinski definition) is 0. The molecule has 4 heterocycles. The van der Waals surface area contributed by atoms with Crippen molar-refractivity contribution >= 4 is 55.2 Å². The highest BCUT2D eigenvalue weighted by molar-refractivity contribution is 14.1. The summed E-state index contributed by atoms with van der Waals surface area (Å²) in [4.78, 5) is 9.77. The van der Waals surface area contributed by atoms with E-state index in [9.17, 15) is 8.78 Å². The number of imidazole rings is 2. The number of nitrogens with zero attached hydrogens (tertiary/aromatic N) is 6. The van der Waals surface area contributed by atoms with E-state index >= 15 is 0 Å². The van der Waals surface area contributed by atoms with Crippen molar-refractivity contribution in [2.45, 2.75) is 0 Å². The van der Waals surface area contributed by atoms with Crippen LogP contribution >= 0.6 is 45.3 Å². The molecule has 0 radical (unpaired) electrons. The topological polar surface area (TPSA) is 78.8 Å². The van der Waals surface area contributed by atoms with E-state index in [4.69, 9.17) is 9.47 Å². The Hall–Kier alpha value is -3.17. The number of hydrogen-bond acceptors (Lipinski definition) is 8. The van der Waals surface area contributed by atoms with Gasteiger partial charge in [-0.05, 0) is 93.8 Å². The van der Waals surface area contributed by atoms with Gasteiger partial charge in [-0.3, -0.25) is 0 Å². The number of aromatic nitrogens is 6. The SMILES string of the molecule is Fc1ccc(Oc2nn3c(I)cnc3s2)cc1.Fc1ccc(Oc2nn3ccnc3s2)cc1. The molecular weight excluding hydrogens is 585 g/mol. The summed E-state index contributed by atoms with van der Waals surface area (Å²) in [6.45, 7) is 0. The average Bonchev–Trinajstić information content (AvgIpc) is 3.56. The Balaban J connectivity index is 0.000000139. The summed E-state index contributed by atoms with van der Waals surface area (Å²) in [5.41, 5.74) is 0. The van der Waals surface area contributed by atoms with Crippen molar-refractivity contribution in [3.05, 3.63) is 82.5 Å².